The third-order valence-corrected chi connectivity index (χ3v) is 16.0. The Bertz CT molecular complexity index is 5110. The number of pyridine rings is 3. The lowest BCUT2D eigenvalue weighted by Gasteiger charge is -2.13. The van der Waals surface area contributed by atoms with E-state index in [9.17, 15) is 19.2 Å². The SMILES string of the molecule is Cc1cc(-c2ccc(-c3cccnc3)cc2CCC(N)=O)ccn1.Cc1cc(C)cc(-c2ccc(-c3cccnn3)cc2CCC(N)=O)c1.Cc1cc(C)cc(-c2ccc(-c3cncnc3)cc2CCC(N)=O)c1.N=S(=O)=O.N=S(=O)=O.N=S(=O)=O.NC(=O)CCc1cc(-c2cccnc2)ccc1-c1cc(N)ncn1. The van der Waals surface area contributed by atoms with Gasteiger partial charge in [-0.1, -0.05) is 138 Å². The molecular weight excluding hydrogens is 1460 g/mol. The third-order valence-electron chi connectivity index (χ3n) is 16.0. The lowest BCUT2D eigenvalue weighted by atomic mass is 9.91. The van der Waals surface area contributed by atoms with Crippen molar-refractivity contribution in [2.45, 2.75) is 86.0 Å². The molecule has 0 aliphatic heterocycles. The molecule has 12 aromatic rings. The third kappa shape index (κ3) is 29.8. The Morgan fingerprint density at radius 1 is 0.336 bits per heavy atom. The predicted octanol–water partition coefficient (Wildman–Crippen LogP) is 12.3. The molecule has 0 aliphatic carbocycles. The van der Waals surface area contributed by atoms with E-state index < -0.39 is 31.5 Å². The van der Waals surface area contributed by atoms with Crippen molar-refractivity contribution in [3.8, 4) is 89.3 Å². The first-order chi connectivity index (χ1) is 52.5. The highest BCUT2D eigenvalue weighted by Crippen LogP contribution is 2.35. The van der Waals surface area contributed by atoms with Crippen molar-refractivity contribution in [2.75, 3.05) is 5.73 Å². The van der Waals surface area contributed by atoms with Crippen LogP contribution in [0.5, 0.6) is 0 Å². The summed E-state index contributed by atoms with van der Waals surface area (Å²) in [6.07, 6.45) is 20.7. The Kier molecular flexibility index (Phi) is 34.1. The number of nitrogen functional groups attached to an aromatic ring is 1. The summed E-state index contributed by atoms with van der Waals surface area (Å²) in [6, 6.07) is 55.1. The Morgan fingerprint density at radius 3 is 1.09 bits per heavy atom. The molecule has 6 aromatic carbocycles. The molecule has 12 rings (SSSR count). The lowest BCUT2D eigenvalue weighted by molar-refractivity contribution is -0.118. The van der Waals surface area contributed by atoms with E-state index in [-0.39, 0.29) is 30.0 Å². The van der Waals surface area contributed by atoms with Crippen molar-refractivity contribution in [1.82, 2.24) is 45.1 Å². The number of hydrogen-bond donors (Lipinski definition) is 8. The van der Waals surface area contributed by atoms with Crippen LogP contribution < -0.4 is 28.7 Å². The minimum absolute atomic E-state index is 0.268. The molecule has 4 amide bonds. The Morgan fingerprint density at radius 2 is 0.709 bits per heavy atom. The average Bonchev–Trinajstić information content (AvgIpc) is 0.826. The molecule has 0 aliphatic rings. The maximum absolute atomic E-state index is 11.3. The number of hydrogen-bond acceptors (Lipinski definition) is 23. The average molecular weight is 1540 g/mol. The van der Waals surface area contributed by atoms with Gasteiger partial charge in [-0.25, -0.2) is 19.9 Å². The largest absolute Gasteiger partial charge is 0.384 e. The summed E-state index contributed by atoms with van der Waals surface area (Å²) in [7, 11) is -7.83. The standard InChI is InChI=1S/2C21H21N3O.C20H19N3O.C18H17N5O.3HNO2S/c1-14-7-15(2)9-18(8-14)20-5-3-16(19-11-23-13-24-12-19)10-17(20)4-6-21(22)25;1-14-10-15(2)12-18(11-14)19-7-5-17(20-4-3-9-23-24-20)13-16(19)6-8-21(22)25;1-14-11-17(8-10-23-14)19-6-4-15(18-3-2-9-22-13-18)12-16(19)5-7-20(21)24;19-17-9-16(22-11-23-17)15-5-3-12(14-2-1-7-21-10-14)8-13(15)4-6-18(20)24;3*1-4(2)3/h3,5,7-13H,4,6H2,1-2H3,(H2,22,25);3-5,7,9-13H,6,8H2,1-2H3,(H2,22,25);2-4,6,8-13H,5,7H2,1H3,(H2,21,24);1-3,5,7-11H,4,6H2,(H2,20,24)(H2,19,22,23);3*1H. The van der Waals surface area contributed by atoms with Crippen molar-refractivity contribution in [1.29, 1.82) is 14.3 Å². The number of benzene rings is 6. The molecule has 0 saturated carbocycles. The molecule has 27 nitrogen and oxygen atoms in total. The quantitative estimate of drug-likeness (QED) is 0.0351. The zero-order valence-electron chi connectivity index (χ0n) is 60.7. The second kappa shape index (κ2) is 43.9. The van der Waals surface area contributed by atoms with Gasteiger partial charge in [-0.3, -0.25) is 34.1 Å². The van der Waals surface area contributed by atoms with Gasteiger partial charge in [0.1, 0.15) is 18.5 Å². The highest BCUT2D eigenvalue weighted by Gasteiger charge is 2.16. The first-order valence-electron chi connectivity index (χ1n) is 33.6. The molecule has 564 valence electrons. The summed E-state index contributed by atoms with van der Waals surface area (Å²) in [4.78, 5) is 73.9. The number of nitrogens with one attached hydrogen (secondary N) is 3. The van der Waals surface area contributed by atoms with Crippen LogP contribution in [0.1, 0.15) is 75.9 Å². The maximum Gasteiger partial charge on any atom is 0.308 e. The fraction of sp³-hybridized carbons (Fsp3) is 0.163. The Labute approximate surface area is 641 Å². The number of carbonyl (C=O) groups is 4. The molecule has 6 aromatic heterocycles. The Hall–Kier alpha value is -13.4. The molecule has 0 radical (unpaired) electrons. The summed E-state index contributed by atoms with van der Waals surface area (Å²) >= 11 is 0. The van der Waals surface area contributed by atoms with Crippen molar-refractivity contribution in [3.63, 3.8) is 0 Å². The van der Waals surface area contributed by atoms with Crippen LogP contribution in [0.15, 0.2) is 226 Å². The topological polar surface area (TPSA) is 488 Å². The second-order valence-electron chi connectivity index (χ2n) is 24.5. The van der Waals surface area contributed by atoms with Crippen molar-refractivity contribution in [2.24, 2.45) is 22.9 Å². The number of amides is 4. The van der Waals surface area contributed by atoms with Crippen LogP contribution in [0.25, 0.3) is 89.3 Å². The van der Waals surface area contributed by atoms with Gasteiger partial charge in [-0.15, -0.1) is 0 Å². The van der Waals surface area contributed by atoms with E-state index in [4.69, 9.17) is 68.3 Å². The van der Waals surface area contributed by atoms with Gasteiger partial charge < -0.3 is 28.7 Å². The van der Waals surface area contributed by atoms with Gasteiger partial charge in [0.15, 0.2) is 0 Å². The van der Waals surface area contributed by atoms with Gasteiger partial charge in [0.2, 0.25) is 23.6 Å². The minimum Gasteiger partial charge on any atom is -0.384 e. The van der Waals surface area contributed by atoms with E-state index in [1.165, 1.54) is 34.9 Å². The smallest absolute Gasteiger partial charge is 0.308 e. The summed E-state index contributed by atoms with van der Waals surface area (Å²) in [5.74, 6) is -0.818. The second-order valence-corrected chi connectivity index (χ2v) is 26.0. The van der Waals surface area contributed by atoms with Crippen LogP contribution in [0, 0.1) is 49.0 Å². The van der Waals surface area contributed by atoms with Gasteiger partial charge in [-0.2, -0.15) is 49.8 Å². The molecular formula is C80H81N17O10S3. The van der Waals surface area contributed by atoms with E-state index in [0.29, 0.717) is 50.8 Å². The van der Waals surface area contributed by atoms with Crippen LogP contribution in [0.3, 0.4) is 0 Å². The number of primary amides is 4. The number of rotatable bonds is 20. The zero-order chi connectivity index (χ0) is 80.2. The minimum atomic E-state index is -2.61. The van der Waals surface area contributed by atoms with Crippen molar-refractivity contribution < 1.29 is 44.4 Å². The monoisotopic (exact) mass is 1540 g/mol. The Balaban J connectivity index is 0.000000218. The van der Waals surface area contributed by atoms with E-state index in [1.54, 1.807) is 49.4 Å². The van der Waals surface area contributed by atoms with Crippen LogP contribution in [0.4, 0.5) is 5.82 Å². The number of nitrogens with two attached hydrogens (primary N) is 5. The molecule has 0 saturated heterocycles. The highest BCUT2D eigenvalue weighted by atomic mass is 32.2. The molecule has 110 heavy (non-hydrogen) atoms. The fourth-order valence-corrected chi connectivity index (χ4v) is 11.5. The first kappa shape index (κ1) is 85.5. The summed E-state index contributed by atoms with van der Waals surface area (Å²) in [5, 5.41) is 8.12. The number of anilines is 1. The van der Waals surface area contributed by atoms with Gasteiger partial charge in [0.05, 0.1) is 11.4 Å². The molecule has 0 fully saturated rings. The van der Waals surface area contributed by atoms with Crippen molar-refractivity contribution >= 4 is 60.9 Å². The zero-order valence-corrected chi connectivity index (χ0v) is 63.2. The number of carbonyl (C=O) groups excluding carboxylic acids is 4. The molecule has 0 atom stereocenters. The van der Waals surface area contributed by atoms with Gasteiger partial charge in [0.25, 0.3) is 0 Å². The molecule has 0 spiro atoms. The van der Waals surface area contributed by atoms with Gasteiger partial charge >= 0.3 is 31.5 Å². The number of aromatic nitrogens is 9. The molecule has 0 unspecified atom stereocenters. The van der Waals surface area contributed by atoms with Crippen molar-refractivity contribution in [3.05, 3.63) is 276 Å². The molecule has 6 heterocycles. The van der Waals surface area contributed by atoms with E-state index >= 15 is 0 Å². The maximum atomic E-state index is 11.3. The summed E-state index contributed by atoms with van der Waals surface area (Å²) in [6.45, 7) is 10.3. The number of aryl methyl sites for hydroxylation is 9. The van der Waals surface area contributed by atoms with Crippen LogP contribution in [-0.2, 0) is 76.4 Å². The summed E-state index contributed by atoms with van der Waals surface area (Å²) < 4.78 is 68.5. The van der Waals surface area contributed by atoms with Crippen LogP contribution >= 0.6 is 0 Å². The van der Waals surface area contributed by atoms with E-state index in [1.807, 2.05) is 85.9 Å². The van der Waals surface area contributed by atoms with E-state index in [0.717, 1.165) is 117 Å². The summed E-state index contributed by atoms with van der Waals surface area (Å²) in [5.41, 5.74) is 53.6. The fourth-order valence-electron chi connectivity index (χ4n) is 11.5. The van der Waals surface area contributed by atoms with Crippen LogP contribution in [-0.4, -0.2) is 94.0 Å². The van der Waals surface area contributed by atoms with E-state index in [2.05, 4.69) is 158 Å². The van der Waals surface area contributed by atoms with Gasteiger partial charge in [0, 0.05) is 104 Å². The molecule has 0 bridgehead atoms. The predicted molar refractivity (Wildman–Crippen MR) is 422 cm³/mol. The molecule has 30 heteroatoms. The normalized spacial score (nSPS) is 10.1. The highest BCUT2D eigenvalue weighted by molar-refractivity contribution is 7.60. The molecule has 13 N–H and O–H groups in total. The lowest BCUT2D eigenvalue weighted by Crippen LogP contribution is -2.11. The number of nitrogens with zero attached hydrogens (tertiary/aromatic N) is 9. The van der Waals surface area contributed by atoms with Crippen LogP contribution in [0.2, 0.25) is 0 Å². The van der Waals surface area contributed by atoms with Gasteiger partial charge in [-0.05, 0) is 186 Å². The first-order valence-corrected chi connectivity index (χ1v) is 36.8.